The molecule has 5 heterocycles. The number of carbonyl (C=O) groups excluding carboxylic acids is 1. The van der Waals surface area contributed by atoms with Gasteiger partial charge in [0.05, 0.1) is 37.3 Å². The number of carbonyl (C=O) groups is 1. The molecular formula is C19H18F2N6O6. The molecule has 2 N–H and O–H groups in total. The molecule has 0 aromatic carbocycles. The standard InChI is InChI=1S/C19H18F2N6O6/c20-19(21)8-27(7-13(19)33-18(30)26-1-3-31-4-2-26)14-10-5-12(32-16(10)24-9-23-14)11-6-22-17(29)25-15(11)28/h5-6,9,13H,1-4,7-8H2,(H2,22,25,28,29). The number of nitrogens with zero attached hydrogens (tertiary/aromatic N) is 4. The molecule has 3 aromatic rings. The van der Waals surface area contributed by atoms with E-state index in [2.05, 4.69) is 19.9 Å². The number of hydrogen-bond acceptors (Lipinski definition) is 9. The molecule has 0 aliphatic carbocycles. The zero-order chi connectivity index (χ0) is 23.2. The highest BCUT2D eigenvalue weighted by Gasteiger charge is 2.52. The molecule has 0 radical (unpaired) electrons. The maximum Gasteiger partial charge on any atom is 0.410 e. The second-order valence-electron chi connectivity index (χ2n) is 7.63. The van der Waals surface area contributed by atoms with Crippen LogP contribution in [0.1, 0.15) is 0 Å². The fourth-order valence-corrected chi connectivity index (χ4v) is 3.80. The number of alkyl halides is 2. The third kappa shape index (κ3) is 3.92. The van der Waals surface area contributed by atoms with Crippen molar-refractivity contribution in [1.82, 2.24) is 24.8 Å². The normalized spacial score (nSPS) is 20.4. The summed E-state index contributed by atoms with van der Waals surface area (Å²) in [5.41, 5.74) is -1.27. The number of amides is 1. The quantitative estimate of drug-likeness (QED) is 0.567. The highest BCUT2D eigenvalue weighted by atomic mass is 19.3. The maximum absolute atomic E-state index is 14.7. The Hall–Kier alpha value is -3.81. The van der Waals surface area contributed by atoms with Crippen molar-refractivity contribution in [3.8, 4) is 11.3 Å². The van der Waals surface area contributed by atoms with Gasteiger partial charge in [0.15, 0.2) is 6.10 Å². The van der Waals surface area contributed by atoms with Gasteiger partial charge in [-0.1, -0.05) is 0 Å². The van der Waals surface area contributed by atoms with Crippen LogP contribution in [0.5, 0.6) is 0 Å². The fraction of sp³-hybridized carbons (Fsp3) is 0.421. The molecule has 0 bridgehead atoms. The predicted molar refractivity (Wildman–Crippen MR) is 108 cm³/mol. The Morgan fingerprint density at radius 3 is 2.79 bits per heavy atom. The van der Waals surface area contributed by atoms with Gasteiger partial charge in [-0.2, -0.15) is 0 Å². The minimum absolute atomic E-state index is 0.0302. The third-order valence-electron chi connectivity index (χ3n) is 5.46. The van der Waals surface area contributed by atoms with Crippen LogP contribution >= 0.6 is 0 Å². The molecule has 1 atom stereocenters. The minimum atomic E-state index is -3.32. The molecule has 2 aliphatic rings. The number of fused-ring (bicyclic) bond motifs is 1. The molecule has 174 valence electrons. The van der Waals surface area contributed by atoms with Crippen molar-refractivity contribution in [2.45, 2.75) is 12.0 Å². The van der Waals surface area contributed by atoms with Crippen LogP contribution in [0.4, 0.5) is 19.4 Å². The SMILES string of the molecule is O=C(OC1CN(c2ncnc3oc(-c4c[nH]c(=O)[nH]c4=O)cc23)CC1(F)F)N1CCOCC1. The molecule has 2 aliphatic heterocycles. The number of halogens is 2. The summed E-state index contributed by atoms with van der Waals surface area (Å²) in [6.07, 6.45) is -0.170. The van der Waals surface area contributed by atoms with Crippen molar-refractivity contribution in [2.75, 3.05) is 44.3 Å². The first-order valence-electron chi connectivity index (χ1n) is 10.0. The Bertz CT molecular complexity index is 1310. The van der Waals surface area contributed by atoms with Gasteiger partial charge in [0.25, 0.3) is 5.56 Å². The van der Waals surface area contributed by atoms with Crippen LogP contribution in [-0.2, 0) is 9.47 Å². The Balaban J connectivity index is 1.42. The van der Waals surface area contributed by atoms with Gasteiger partial charge in [0.2, 0.25) is 5.71 Å². The van der Waals surface area contributed by atoms with Crippen LogP contribution in [0.15, 0.2) is 32.6 Å². The summed E-state index contributed by atoms with van der Waals surface area (Å²) in [5, 5.41) is 0.286. The number of ether oxygens (including phenoxy) is 2. The Morgan fingerprint density at radius 2 is 2.03 bits per heavy atom. The first kappa shape index (κ1) is 21.1. The molecule has 3 aromatic heterocycles. The van der Waals surface area contributed by atoms with Crippen molar-refractivity contribution in [3.05, 3.63) is 39.4 Å². The van der Waals surface area contributed by atoms with Crippen LogP contribution in [0.3, 0.4) is 0 Å². The second-order valence-corrected chi connectivity index (χ2v) is 7.63. The highest BCUT2D eigenvalue weighted by molar-refractivity contribution is 5.89. The first-order chi connectivity index (χ1) is 15.8. The van der Waals surface area contributed by atoms with Crippen molar-refractivity contribution < 1.29 is 27.5 Å². The molecular weight excluding hydrogens is 446 g/mol. The summed E-state index contributed by atoms with van der Waals surface area (Å²) in [5.74, 6) is -3.10. The summed E-state index contributed by atoms with van der Waals surface area (Å²) < 4.78 is 45.3. The topological polar surface area (TPSA) is 147 Å². The summed E-state index contributed by atoms with van der Waals surface area (Å²) in [7, 11) is 0. The molecule has 5 rings (SSSR count). The van der Waals surface area contributed by atoms with E-state index in [1.165, 1.54) is 22.1 Å². The molecule has 2 fully saturated rings. The number of aromatic amines is 2. The average Bonchev–Trinajstić information content (AvgIpc) is 3.34. The Labute approximate surface area is 183 Å². The lowest BCUT2D eigenvalue weighted by atomic mass is 10.2. The van der Waals surface area contributed by atoms with Gasteiger partial charge in [-0.05, 0) is 6.07 Å². The molecule has 14 heteroatoms. The minimum Gasteiger partial charge on any atom is -0.438 e. The first-order valence-corrected chi connectivity index (χ1v) is 10.0. The van der Waals surface area contributed by atoms with E-state index in [9.17, 15) is 23.2 Å². The van der Waals surface area contributed by atoms with E-state index in [0.29, 0.717) is 13.2 Å². The zero-order valence-corrected chi connectivity index (χ0v) is 17.0. The van der Waals surface area contributed by atoms with E-state index in [1.54, 1.807) is 0 Å². The zero-order valence-electron chi connectivity index (χ0n) is 17.0. The van der Waals surface area contributed by atoms with E-state index >= 15 is 0 Å². The lowest BCUT2D eigenvalue weighted by Gasteiger charge is -2.28. The van der Waals surface area contributed by atoms with Crippen LogP contribution in [0, 0.1) is 0 Å². The van der Waals surface area contributed by atoms with Crippen molar-refractivity contribution in [2.24, 2.45) is 0 Å². The molecule has 1 unspecified atom stereocenters. The number of rotatable bonds is 3. The van der Waals surface area contributed by atoms with E-state index in [0.717, 1.165) is 6.33 Å². The van der Waals surface area contributed by atoms with Crippen molar-refractivity contribution in [1.29, 1.82) is 0 Å². The number of H-pyrrole nitrogens is 2. The third-order valence-corrected chi connectivity index (χ3v) is 5.46. The van der Waals surface area contributed by atoms with E-state index in [4.69, 9.17) is 13.9 Å². The number of hydrogen-bond donors (Lipinski definition) is 2. The summed E-state index contributed by atoms with van der Waals surface area (Å²) in [6, 6.07) is 1.43. The summed E-state index contributed by atoms with van der Waals surface area (Å²) in [6.45, 7) is 0.156. The average molecular weight is 464 g/mol. The molecule has 2 saturated heterocycles. The lowest BCUT2D eigenvalue weighted by Crippen LogP contribution is -2.45. The van der Waals surface area contributed by atoms with Gasteiger partial charge in [-0.3, -0.25) is 9.78 Å². The van der Waals surface area contributed by atoms with Crippen LogP contribution < -0.4 is 16.1 Å². The van der Waals surface area contributed by atoms with Crippen LogP contribution in [0.25, 0.3) is 22.4 Å². The van der Waals surface area contributed by atoms with Crippen LogP contribution in [0.2, 0.25) is 0 Å². The molecule has 0 spiro atoms. The van der Waals surface area contributed by atoms with Crippen LogP contribution in [-0.4, -0.2) is 82.3 Å². The summed E-state index contributed by atoms with van der Waals surface area (Å²) >= 11 is 0. The van der Waals surface area contributed by atoms with Gasteiger partial charge in [0.1, 0.15) is 17.9 Å². The largest absolute Gasteiger partial charge is 0.438 e. The highest BCUT2D eigenvalue weighted by Crippen LogP contribution is 2.37. The fourth-order valence-electron chi connectivity index (χ4n) is 3.80. The number of nitrogens with one attached hydrogen (secondary N) is 2. The molecule has 1 amide bonds. The Morgan fingerprint density at radius 1 is 1.24 bits per heavy atom. The van der Waals surface area contributed by atoms with Crippen molar-refractivity contribution >= 4 is 23.0 Å². The van der Waals surface area contributed by atoms with Gasteiger partial charge in [-0.25, -0.2) is 28.3 Å². The number of aromatic nitrogens is 4. The van der Waals surface area contributed by atoms with E-state index in [1.807, 2.05) is 0 Å². The second kappa shape index (κ2) is 7.95. The molecule has 0 saturated carbocycles. The van der Waals surface area contributed by atoms with Crippen molar-refractivity contribution in [3.63, 3.8) is 0 Å². The van der Waals surface area contributed by atoms with Gasteiger partial charge < -0.3 is 28.7 Å². The molecule has 33 heavy (non-hydrogen) atoms. The lowest BCUT2D eigenvalue weighted by molar-refractivity contribution is -0.0865. The maximum atomic E-state index is 14.7. The number of anilines is 1. The van der Waals surface area contributed by atoms with Gasteiger partial charge >= 0.3 is 17.7 Å². The molecule has 12 nitrogen and oxygen atoms in total. The summed E-state index contributed by atoms with van der Waals surface area (Å²) in [4.78, 5) is 50.8. The number of furan rings is 1. The van der Waals surface area contributed by atoms with E-state index < -0.39 is 35.9 Å². The van der Waals surface area contributed by atoms with Gasteiger partial charge in [0, 0.05) is 19.3 Å². The smallest absolute Gasteiger partial charge is 0.410 e. The number of morpholine rings is 1. The predicted octanol–water partition coefficient (Wildman–Crippen LogP) is 0.559. The Kier molecular flexibility index (Phi) is 5.08. The van der Waals surface area contributed by atoms with E-state index in [-0.39, 0.29) is 47.9 Å². The van der Waals surface area contributed by atoms with Gasteiger partial charge in [-0.15, -0.1) is 0 Å². The monoisotopic (exact) mass is 464 g/mol.